The maximum absolute atomic E-state index is 13.8. The van der Waals surface area contributed by atoms with Gasteiger partial charge >= 0.3 is 5.97 Å². The molecular weight excluding hydrogens is 801 g/mol. The van der Waals surface area contributed by atoms with E-state index in [0.29, 0.717) is 73.8 Å². The number of ether oxygens (including phenoxy) is 5. The molecule has 8 nitrogen and oxygen atoms in total. The molecular formula is C56H36O8. The van der Waals surface area contributed by atoms with E-state index in [9.17, 15) is 14.4 Å². The van der Waals surface area contributed by atoms with Crippen LogP contribution in [0.1, 0.15) is 37.4 Å². The van der Waals surface area contributed by atoms with Crippen LogP contribution in [0.4, 0.5) is 0 Å². The van der Waals surface area contributed by atoms with Crippen LogP contribution in [0.15, 0.2) is 201 Å². The minimum atomic E-state index is -0.574. The van der Waals surface area contributed by atoms with Crippen molar-refractivity contribution in [3.8, 4) is 57.1 Å². The standard InChI is InChI=1S/C56H36O8/c1-2-52(57)60-34-35-31-46-33-47(32-35)62-43-23-13-39(14-24-43)56(59)41-17-27-45(28-18-41)64-51-30-20-37-8-4-6-10-49(37)54(51)53-48-9-5-3-7-36(48)19-29-50(53)63-44-25-15-40(16-26-44)55(58)38-11-21-42(61-46)22-12-38/h2-33H,1,34H2. The van der Waals surface area contributed by atoms with E-state index < -0.39 is 5.97 Å². The molecule has 10 bridgehead atoms. The van der Waals surface area contributed by atoms with Crippen LogP contribution in [-0.4, -0.2) is 17.5 Å². The topological polar surface area (TPSA) is 97.4 Å². The van der Waals surface area contributed by atoms with Gasteiger partial charge in [-0.15, -0.1) is 0 Å². The first kappa shape index (κ1) is 39.4. The molecule has 9 aromatic carbocycles. The summed E-state index contributed by atoms with van der Waals surface area (Å²) in [6.07, 6.45) is 1.09. The number of ketones is 2. The van der Waals surface area contributed by atoms with Crippen LogP contribution < -0.4 is 18.9 Å². The van der Waals surface area contributed by atoms with Crippen molar-refractivity contribution in [2.75, 3.05) is 0 Å². The third kappa shape index (κ3) is 8.07. The molecule has 64 heavy (non-hydrogen) atoms. The fraction of sp³-hybridized carbons (Fsp3) is 0.0179. The zero-order valence-corrected chi connectivity index (χ0v) is 34.2. The van der Waals surface area contributed by atoms with Crippen LogP contribution in [0.5, 0.6) is 46.0 Å². The first-order valence-electron chi connectivity index (χ1n) is 20.5. The number of esters is 1. The van der Waals surface area contributed by atoms with Gasteiger partial charge in [0.25, 0.3) is 0 Å². The normalized spacial score (nSPS) is 12.2. The highest BCUT2D eigenvalue weighted by Gasteiger charge is 2.21. The number of rotatable bonds is 3. The SMILES string of the molecule is C=CC(=O)OCc1cc2cc(c1)Oc1ccc(cc1)C(=O)c1ccc(cc1)Oc1ccc3ccccc3c1-c1c(ccc3ccccc13)Oc1ccc(cc1)C(=O)c1ccc(cc1)O2. The second kappa shape index (κ2) is 17.0. The van der Waals surface area contributed by atoms with Crippen molar-refractivity contribution in [3.05, 3.63) is 229 Å². The lowest BCUT2D eigenvalue weighted by atomic mass is 9.92. The smallest absolute Gasteiger partial charge is 0.330 e. The van der Waals surface area contributed by atoms with Gasteiger partial charge in [0, 0.05) is 45.5 Å². The maximum Gasteiger partial charge on any atom is 0.330 e. The predicted molar refractivity (Wildman–Crippen MR) is 246 cm³/mol. The van der Waals surface area contributed by atoms with Crippen LogP contribution in [0, 0.1) is 0 Å². The molecule has 7 heterocycles. The minimum Gasteiger partial charge on any atom is -0.458 e. The molecule has 0 saturated heterocycles. The monoisotopic (exact) mass is 836 g/mol. The van der Waals surface area contributed by atoms with Gasteiger partial charge in [-0.1, -0.05) is 67.2 Å². The van der Waals surface area contributed by atoms with Gasteiger partial charge in [-0.2, -0.15) is 0 Å². The van der Waals surface area contributed by atoms with Crippen LogP contribution in [0.3, 0.4) is 0 Å². The average Bonchev–Trinajstić information content (AvgIpc) is 3.33. The summed E-state index contributed by atoms with van der Waals surface area (Å²) in [7, 11) is 0. The molecule has 308 valence electrons. The van der Waals surface area contributed by atoms with Gasteiger partial charge < -0.3 is 23.7 Å². The van der Waals surface area contributed by atoms with Crippen LogP contribution in [0.2, 0.25) is 0 Å². The lowest BCUT2D eigenvalue weighted by molar-refractivity contribution is -0.139. The number of fused-ring (bicyclic) bond motifs is 2. The maximum atomic E-state index is 13.8. The third-order valence-electron chi connectivity index (χ3n) is 10.9. The van der Waals surface area contributed by atoms with Crippen molar-refractivity contribution in [1.82, 2.24) is 0 Å². The molecule has 0 aliphatic carbocycles. The van der Waals surface area contributed by atoms with E-state index in [4.69, 9.17) is 23.7 Å². The Morgan fingerprint density at radius 1 is 0.438 bits per heavy atom. The molecule has 9 aromatic rings. The summed E-state index contributed by atoms with van der Waals surface area (Å²) in [5, 5.41) is 3.98. The van der Waals surface area contributed by atoms with E-state index in [0.717, 1.165) is 38.7 Å². The van der Waals surface area contributed by atoms with Gasteiger partial charge in [-0.3, -0.25) is 9.59 Å². The zero-order chi connectivity index (χ0) is 43.6. The Kier molecular flexibility index (Phi) is 10.4. The highest BCUT2D eigenvalue weighted by molar-refractivity contribution is 6.11. The summed E-state index contributed by atoms with van der Waals surface area (Å²) in [5.41, 5.74) is 4.19. The summed E-state index contributed by atoms with van der Waals surface area (Å²) >= 11 is 0. The Morgan fingerprint density at radius 3 is 1.20 bits per heavy atom. The van der Waals surface area contributed by atoms with Crippen molar-refractivity contribution < 1.29 is 38.1 Å². The summed E-state index contributed by atoms with van der Waals surface area (Å²) < 4.78 is 31.2. The van der Waals surface area contributed by atoms with Gasteiger partial charge in [-0.25, -0.2) is 4.79 Å². The number of hydrogen-bond acceptors (Lipinski definition) is 8. The summed E-state index contributed by atoms with van der Waals surface area (Å²) in [6, 6.07) is 57.2. The molecule has 16 rings (SSSR count). The molecule has 8 heteroatoms. The highest BCUT2D eigenvalue weighted by Crippen LogP contribution is 2.47. The Balaban J connectivity index is 1.07. The number of carbonyl (C=O) groups is 3. The summed E-state index contributed by atoms with van der Waals surface area (Å²) in [4.78, 5) is 39.4. The molecule has 0 spiro atoms. The third-order valence-corrected chi connectivity index (χ3v) is 10.9. The molecule has 0 N–H and O–H groups in total. The number of hydrogen-bond donors (Lipinski definition) is 0. The van der Waals surface area contributed by atoms with Crippen molar-refractivity contribution in [3.63, 3.8) is 0 Å². The molecule has 0 unspecified atom stereocenters. The molecule has 0 fully saturated rings. The lowest BCUT2D eigenvalue weighted by Crippen LogP contribution is -2.02. The molecule has 0 aromatic heterocycles. The Hall–Kier alpha value is -8.75. The molecule has 0 amide bonds. The first-order valence-corrected chi connectivity index (χ1v) is 20.5. The molecule has 0 atom stereocenters. The Labute approximate surface area is 368 Å². The fourth-order valence-electron chi connectivity index (χ4n) is 7.79. The largest absolute Gasteiger partial charge is 0.458 e. The van der Waals surface area contributed by atoms with Crippen molar-refractivity contribution in [2.24, 2.45) is 0 Å². The quantitative estimate of drug-likeness (QED) is 0.128. The zero-order valence-electron chi connectivity index (χ0n) is 34.2. The first-order chi connectivity index (χ1) is 31.3. The second-order valence-corrected chi connectivity index (χ2v) is 15.1. The van der Waals surface area contributed by atoms with Gasteiger partial charge in [0.15, 0.2) is 11.6 Å². The molecule has 0 radical (unpaired) electrons. The Bertz CT molecular complexity index is 3050. The van der Waals surface area contributed by atoms with E-state index >= 15 is 0 Å². The van der Waals surface area contributed by atoms with E-state index in [1.807, 2.05) is 48.5 Å². The lowest BCUT2D eigenvalue weighted by Gasteiger charge is -2.20. The second-order valence-electron chi connectivity index (χ2n) is 15.1. The van der Waals surface area contributed by atoms with Crippen molar-refractivity contribution in [1.29, 1.82) is 0 Å². The number of benzene rings is 9. The predicted octanol–water partition coefficient (Wildman–Crippen LogP) is 13.8. The van der Waals surface area contributed by atoms with Crippen LogP contribution in [0.25, 0.3) is 32.7 Å². The van der Waals surface area contributed by atoms with Crippen LogP contribution >= 0.6 is 0 Å². The summed E-state index contributed by atoms with van der Waals surface area (Å²) in [5.74, 6) is 3.13. The summed E-state index contributed by atoms with van der Waals surface area (Å²) in [6.45, 7) is 3.41. The van der Waals surface area contributed by atoms with Gasteiger partial charge in [0.2, 0.25) is 0 Å². The average molecular weight is 837 g/mol. The fourth-order valence-corrected chi connectivity index (χ4v) is 7.79. The van der Waals surface area contributed by atoms with E-state index in [2.05, 4.69) is 30.8 Å². The minimum absolute atomic E-state index is 0.0558. The van der Waals surface area contributed by atoms with Crippen molar-refractivity contribution >= 4 is 39.1 Å². The van der Waals surface area contributed by atoms with E-state index in [1.165, 1.54) is 0 Å². The van der Waals surface area contributed by atoms with E-state index in [-0.39, 0.29) is 18.2 Å². The highest BCUT2D eigenvalue weighted by atomic mass is 16.5. The van der Waals surface area contributed by atoms with Gasteiger partial charge in [0.1, 0.15) is 52.6 Å². The Morgan fingerprint density at radius 2 is 0.812 bits per heavy atom. The van der Waals surface area contributed by atoms with Gasteiger partial charge in [0.05, 0.1) is 0 Å². The molecule has 7 aliphatic rings. The molecule has 0 saturated carbocycles. The van der Waals surface area contributed by atoms with Crippen molar-refractivity contribution in [2.45, 2.75) is 6.61 Å². The molecule has 7 aliphatic heterocycles. The van der Waals surface area contributed by atoms with E-state index in [1.54, 1.807) is 115 Å². The van der Waals surface area contributed by atoms with Gasteiger partial charge in [-0.05, 0) is 148 Å². The van der Waals surface area contributed by atoms with Crippen LogP contribution in [-0.2, 0) is 16.1 Å². The number of carbonyl (C=O) groups excluding carboxylic acids is 3.